The van der Waals surface area contributed by atoms with Crippen LogP contribution in [-0.4, -0.2) is 70.9 Å². The van der Waals surface area contributed by atoms with E-state index in [9.17, 15) is 9.59 Å². The smallest absolute Gasteiger partial charge is 0.262 e. The number of hydrogen-bond acceptors (Lipinski definition) is 8. The van der Waals surface area contributed by atoms with Gasteiger partial charge >= 0.3 is 0 Å². The van der Waals surface area contributed by atoms with Gasteiger partial charge in [-0.15, -0.1) is 0 Å². The van der Waals surface area contributed by atoms with Crippen LogP contribution in [0.2, 0.25) is 15.1 Å². The van der Waals surface area contributed by atoms with Gasteiger partial charge in [-0.05, 0) is 88.7 Å². The molecule has 5 rings (SSSR count). The molecule has 14 heteroatoms. The lowest BCUT2D eigenvalue weighted by molar-refractivity contribution is 0.0772. The van der Waals surface area contributed by atoms with Gasteiger partial charge in [0.1, 0.15) is 11.3 Å². The Bertz CT molecular complexity index is 1800. The highest BCUT2D eigenvalue weighted by atomic mass is 35.5. The second-order valence-electron chi connectivity index (χ2n) is 11.6. The fraction of sp³-hybridized carbons (Fsp3) is 0.333. The topological polar surface area (TPSA) is 109 Å². The van der Waals surface area contributed by atoms with Gasteiger partial charge in [0.15, 0.2) is 11.6 Å². The van der Waals surface area contributed by atoms with E-state index in [0.29, 0.717) is 30.9 Å². The molecule has 50 heavy (non-hydrogen) atoms. The van der Waals surface area contributed by atoms with E-state index in [-0.39, 0.29) is 55.6 Å². The molecule has 10 nitrogen and oxygen atoms in total. The van der Waals surface area contributed by atoms with Crippen LogP contribution in [0.5, 0.6) is 17.4 Å². The van der Waals surface area contributed by atoms with Crippen molar-refractivity contribution in [3.05, 3.63) is 92.8 Å². The Morgan fingerprint density at radius 3 is 2.34 bits per heavy atom. The van der Waals surface area contributed by atoms with Crippen LogP contribution in [0.25, 0.3) is 0 Å². The van der Waals surface area contributed by atoms with Crippen molar-refractivity contribution in [3.63, 3.8) is 0 Å². The van der Waals surface area contributed by atoms with Gasteiger partial charge in [0.05, 0.1) is 27.4 Å². The van der Waals surface area contributed by atoms with Gasteiger partial charge in [0, 0.05) is 43.1 Å². The predicted octanol–water partition coefficient (Wildman–Crippen LogP) is 9.10. The highest BCUT2D eigenvalue weighted by molar-refractivity contribution is 6.40. The van der Waals surface area contributed by atoms with E-state index in [2.05, 4.69) is 25.5 Å². The molecule has 1 saturated heterocycles. The minimum Gasteiger partial charge on any atom is -0.490 e. The number of halogens is 4. The molecule has 0 saturated carbocycles. The molecule has 2 amide bonds. The number of para-hydroxylation sites is 1. The predicted molar refractivity (Wildman–Crippen MR) is 195 cm³/mol. The van der Waals surface area contributed by atoms with Crippen LogP contribution >= 0.6 is 34.8 Å². The number of aromatic nitrogens is 2. The number of hydrogen-bond donors (Lipinski definition) is 2. The van der Waals surface area contributed by atoms with Crippen molar-refractivity contribution in [2.45, 2.75) is 39.5 Å². The molecule has 1 fully saturated rings. The SMILES string of the molecule is CCN(CC)C(=O)c1ccc(Oc2nc(Nc3ccc(OCCCN4CCCCC4)c(F)c3)ncc2C(=O)Nc2c(Cl)cccc2Cl)c(Cl)c1. The number of likely N-dealkylation sites (tertiary alicyclic amines) is 1. The number of carbonyl (C=O) groups is 2. The van der Waals surface area contributed by atoms with Crippen LogP contribution in [0.3, 0.4) is 0 Å². The Labute approximate surface area is 305 Å². The zero-order chi connectivity index (χ0) is 35.6. The Morgan fingerprint density at radius 2 is 1.66 bits per heavy atom. The van der Waals surface area contributed by atoms with Crippen LogP contribution < -0.4 is 20.1 Å². The molecule has 3 aromatic carbocycles. The Kier molecular flexibility index (Phi) is 13.1. The lowest BCUT2D eigenvalue weighted by atomic mass is 10.1. The minimum atomic E-state index is -0.668. The molecular formula is C36H38Cl3FN6O4. The molecule has 1 aromatic heterocycles. The zero-order valence-corrected chi connectivity index (χ0v) is 30.0. The lowest BCUT2D eigenvalue weighted by Crippen LogP contribution is -2.31. The summed E-state index contributed by atoms with van der Waals surface area (Å²) >= 11 is 19.1. The summed E-state index contributed by atoms with van der Waals surface area (Å²) in [5, 5.41) is 6.18. The van der Waals surface area contributed by atoms with E-state index in [1.165, 1.54) is 49.7 Å². The summed E-state index contributed by atoms with van der Waals surface area (Å²) in [7, 11) is 0. The van der Waals surface area contributed by atoms with Gasteiger partial charge in [-0.25, -0.2) is 9.37 Å². The van der Waals surface area contributed by atoms with Crippen LogP contribution in [0.4, 0.5) is 21.7 Å². The van der Waals surface area contributed by atoms with Gasteiger partial charge in [-0.3, -0.25) is 9.59 Å². The van der Waals surface area contributed by atoms with E-state index < -0.39 is 11.7 Å². The van der Waals surface area contributed by atoms with E-state index in [4.69, 9.17) is 44.3 Å². The van der Waals surface area contributed by atoms with Crippen LogP contribution in [-0.2, 0) is 0 Å². The summed E-state index contributed by atoms with van der Waals surface area (Å²) in [4.78, 5) is 39.1. The van der Waals surface area contributed by atoms with Gasteiger partial charge in [-0.2, -0.15) is 4.98 Å². The number of nitrogens with one attached hydrogen (secondary N) is 2. The lowest BCUT2D eigenvalue weighted by Gasteiger charge is -2.26. The van der Waals surface area contributed by atoms with Crippen molar-refractivity contribution in [2.75, 3.05) is 50.0 Å². The second-order valence-corrected chi connectivity index (χ2v) is 12.8. The van der Waals surface area contributed by atoms with Crippen LogP contribution in [0.1, 0.15) is 60.2 Å². The summed E-state index contributed by atoms with van der Waals surface area (Å²) < 4.78 is 26.8. The normalized spacial score (nSPS) is 13.1. The first-order valence-electron chi connectivity index (χ1n) is 16.5. The molecular weight excluding hydrogens is 706 g/mol. The maximum absolute atomic E-state index is 15.0. The first-order chi connectivity index (χ1) is 24.2. The standard InChI is InChI=1S/C36H38Cl3FN6O4/c1-3-46(4-2)35(48)23-12-14-30(28(39)20-23)50-34-25(33(47)43-32-26(37)10-8-11-27(32)38)22-41-36(44-34)42-24-13-15-31(29(40)21-24)49-19-9-18-45-16-6-5-7-17-45/h8,10-15,20-22H,3-7,9,16-19H2,1-2H3,(H,43,47)(H,41,42,44). The summed E-state index contributed by atoms with van der Waals surface area (Å²) in [5.41, 5.74) is 0.825. The fourth-order valence-corrected chi connectivity index (χ4v) is 6.16. The average Bonchev–Trinajstić information content (AvgIpc) is 3.11. The number of piperidine rings is 1. The second kappa shape index (κ2) is 17.7. The minimum absolute atomic E-state index is 0.00591. The van der Waals surface area contributed by atoms with Crippen molar-refractivity contribution in [1.82, 2.24) is 19.8 Å². The molecule has 1 aliphatic rings. The van der Waals surface area contributed by atoms with E-state index in [1.54, 1.807) is 35.2 Å². The quantitative estimate of drug-likeness (QED) is 0.123. The molecule has 1 aliphatic heterocycles. The third kappa shape index (κ3) is 9.54. The number of nitrogens with zero attached hydrogens (tertiary/aromatic N) is 4. The summed E-state index contributed by atoms with van der Waals surface area (Å²) in [5.74, 6) is -1.31. The number of anilines is 3. The molecule has 2 N–H and O–H groups in total. The Balaban J connectivity index is 1.35. The number of ether oxygens (including phenoxy) is 2. The molecule has 0 radical (unpaired) electrons. The van der Waals surface area contributed by atoms with Crippen LogP contribution in [0, 0.1) is 5.82 Å². The number of benzene rings is 3. The summed E-state index contributed by atoms with van der Waals surface area (Å²) in [6, 6.07) is 13.8. The fourth-order valence-electron chi connectivity index (χ4n) is 5.45. The maximum Gasteiger partial charge on any atom is 0.262 e. The Hall–Kier alpha value is -4.16. The van der Waals surface area contributed by atoms with Crippen molar-refractivity contribution in [2.24, 2.45) is 0 Å². The first-order valence-corrected chi connectivity index (χ1v) is 17.6. The molecule has 0 bridgehead atoms. The molecule has 4 aromatic rings. The number of amides is 2. The summed E-state index contributed by atoms with van der Waals surface area (Å²) in [6.07, 6.45) is 5.76. The average molecular weight is 744 g/mol. The highest BCUT2D eigenvalue weighted by Crippen LogP contribution is 2.34. The van der Waals surface area contributed by atoms with Crippen molar-refractivity contribution in [3.8, 4) is 17.4 Å². The van der Waals surface area contributed by atoms with E-state index in [1.807, 2.05) is 13.8 Å². The molecule has 0 atom stereocenters. The highest BCUT2D eigenvalue weighted by Gasteiger charge is 2.22. The third-order valence-electron chi connectivity index (χ3n) is 8.15. The van der Waals surface area contributed by atoms with Crippen molar-refractivity contribution < 1.29 is 23.5 Å². The molecule has 264 valence electrons. The molecule has 0 aliphatic carbocycles. The summed E-state index contributed by atoms with van der Waals surface area (Å²) in [6.45, 7) is 8.37. The third-order valence-corrected chi connectivity index (χ3v) is 9.07. The van der Waals surface area contributed by atoms with E-state index in [0.717, 1.165) is 26.1 Å². The van der Waals surface area contributed by atoms with E-state index >= 15 is 4.39 Å². The van der Waals surface area contributed by atoms with Gasteiger partial charge in [-0.1, -0.05) is 47.3 Å². The molecule has 0 unspecified atom stereocenters. The van der Waals surface area contributed by atoms with Crippen molar-refractivity contribution in [1.29, 1.82) is 0 Å². The van der Waals surface area contributed by atoms with Gasteiger partial charge < -0.3 is 29.9 Å². The number of rotatable bonds is 14. The molecule has 0 spiro atoms. The Morgan fingerprint density at radius 1 is 0.940 bits per heavy atom. The van der Waals surface area contributed by atoms with Crippen molar-refractivity contribution >= 4 is 63.9 Å². The maximum atomic E-state index is 15.0. The monoisotopic (exact) mass is 742 g/mol. The number of carbonyl (C=O) groups excluding carboxylic acids is 2. The van der Waals surface area contributed by atoms with Crippen LogP contribution in [0.15, 0.2) is 60.8 Å². The first kappa shape index (κ1) is 37.1. The largest absolute Gasteiger partial charge is 0.490 e. The molecule has 2 heterocycles. The van der Waals surface area contributed by atoms with Gasteiger partial charge in [0.25, 0.3) is 11.8 Å². The van der Waals surface area contributed by atoms with Gasteiger partial charge in [0.2, 0.25) is 11.8 Å². The zero-order valence-electron chi connectivity index (χ0n) is 27.8.